The van der Waals surface area contributed by atoms with E-state index in [-0.39, 0.29) is 4.90 Å². The van der Waals surface area contributed by atoms with E-state index in [0.29, 0.717) is 18.0 Å². The number of nitrogens with one attached hydrogen (secondary N) is 1. The molecule has 0 saturated carbocycles. The number of carbonyl (C=O) groups is 1. The first-order valence-corrected chi connectivity index (χ1v) is 8.15. The van der Waals surface area contributed by atoms with Crippen LogP contribution in [-0.2, 0) is 14.8 Å². The number of aromatic nitrogens is 1. The zero-order chi connectivity index (χ0) is 15.9. The second kappa shape index (κ2) is 7.90. The van der Waals surface area contributed by atoms with Crippen LogP contribution in [0, 0.1) is 5.92 Å². The lowest BCUT2D eigenvalue weighted by Gasteiger charge is -2.08. The summed E-state index contributed by atoms with van der Waals surface area (Å²) < 4.78 is 26.7. The molecule has 0 unspecified atom stereocenters. The first-order valence-electron chi connectivity index (χ1n) is 6.67. The van der Waals surface area contributed by atoms with Crippen molar-refractivity contribution in [1.29, 1.82) is 0 Å². The van der Waals surface area contributed by atoms with Crippen LogP contribution >= 0.6 is 0 Å². The molecule has 7 heteroatoms. The molecule has 0 aliphatic carbocycles. The predicted molar refractivity (Wildman–Crippen MR) is 80.2 cm³/mol. The normalized spacial score (nSPS) is 12.1. The number of hydrogen-bond acceptors (Lipinski definition) is 4. The Kier molecular flexibility index (Phi) is 6.51. The Labute approximate surface area is 125 Å². The summed E-state index contributed by atoms with van der Waals surface area (Å²) in [4.78, 5) is 14.3. The third-order valence-electron chi connectivity index (χ3n) is 2.71. The minimum Gasteiger partial charge on any atom is -0.478 e. The van der Waals surface area contributed by atoms with E-state index in [0.717, 1.165) is 18.9 Å². The Morgan fingerprint density at radius 1 is 1.43 bits per heavy atom. The summed E-state index contributed by atoms with van der Waals surface area (Å²) in [6.07, 6.45) is 6.59. The smallest absolute Gasteiger partial charge is 0.328 e. The molecule has 21 heavy (non-hydrogen) atoms. The van der Waals surface area contributed by atoms with E-state index in [1.165, 1.54) is 24.5 Å². The lowest BCUT2D eigenvalue weighted by molar-refractivity contribution is -0.131. The Morgan fingerprint density at radius 3 is 2.76 bits per heavy atom. The van der Waals surface area contributed by atoms with Crippen LogP contribution in [0.5, 0.6) is 0 Å². The molecule has 0 saturated heterocycles. The molecule has 0 aliphatic rings. The molecule has 1 rings (SSSR count). The van der Waals surface area contributed by atoms with Gasteiger partial charge < -0.3 is 5.11 Å². The van der Waals surface area contributed by atoms with Crippen molar-refractivity contribution in [1.82, 2.24) is 9.71 Å². The minimum absolute atomic E-state index is 0.0274. The predicted octanol–water partition coefficient (Wildman–Crippen LogP) is 1.89. The number of sulfonamides is 1. The van der Waals surface area contributed by atoms with Crippen LogP contribution in [0.2, 0.25) is 0 Å². The van der Waals surface area contributed by atoms with E-state index in [9.17, 15) is 13.2 Å². The number of carboxylic acids is 1. The van der Waals surface area contributed by atoms with Gasteiger partial charge in [-0.15, -0.1) is 0 Å². The SMILES string of the molecule is CC(C)CCCNS(=O)(=O)c1cncc(C=CC(=O)O)c1. The number of aliphatic carboxylic acids is 1. The highest BCUT2D eigenvalue weighted by Crippen LogP contribution is 2.11. The number of carboxylic acid groups (broad SMARTS) is 1. The summed E-state index contributed by atoms with van der Waals surface area (Å²) in [5.74, 6) is -0.573. The van der Waals surface area contributed by atoms with Gasteiger partial charge in [0.1, 0.15) is 4.90 Å². The van der Waals surface area contributed by atoms with Crippen LogP contribution < -0.4 is 4.72 Å². The van der Waals surface area contributed by atoms with E-state index in [4.69, 9.17) is 5.11 Å². The van der Waals surface area contributed by atoms with Crippen molar-refractivity contribution in [2.45, 2.75) is 31.6 Å². The summed E-state index contributed by atoms with van der Waals surface area (Å²) in [5.41, 5.74) is 0.419. The van der Waals surface area contributed by atoms with Crippen LogP contribution in [0.3, 0.4) is 0 Å². The Bertz CT molecular complexity index is 609. The van der Waals surface area contributed by atoms with Gasteiger partial charge in [-0.05, 0) is 36.5 Å². The standard InChI is InChI=1S/C14H20N2O4S/c1-11(2)4-3-7-16-21(19,20)13-8-12(9-15-10-13)5-6-14(17)18/h5-6,8-11,16H,3-4,7H2,1-2H3,(H,17,18). The van der Waals surface area contributed by atoms with Crippen LogP contribution in [-0.4, -0.2) is 31.0 Å². The van der Waals surface area contributed by atoms with Crippen LogP contribution in [0.25, 0.3) is 6.08 Å². The Morgan fingerprint density at radius 2 is 2.14 bits per heavy atom. The molecule has 0 radical (unpaired) electrons. The molecule has 0 fully saturated rings. The minimum atomic E-state index is -3.61. The quantitative estimate of drug-likeness (QED) is 0.564. The molecular weight excluding hydrogens is 292 g/mol. The van der Waals surface area contributed by atoms with Gasteiger partial charge in [-0.1, -0.05) is 13.8 Å². The fraction of sp³-hybridized carbons (Fsp3) is 0.429. The molecule has 1 heterocycles. The van der Waals surface area contributed by atoms with E-state index in [1.807, 2.05) is 0 Å². The summed E-state index contributed by atoms with van der Waals surface area (Å²) >= 11 is 0. The first kappa shape index (κ1) is 17.3. The molecule has 116 valence electrons. The topological polar surface area (TPSA) is 96.4 Å². The first-order chi connectivity index (χ1) is 9.81. The number of rotatable bonds is 8. The second-order valence-electron chi connectivity index (χ2n) is 5.06. The molecule has 0 atom stereocenters. The number of nitrogens with zero attached hydrogens (tertiary/aromatic N) is 1. The van der Waals surface area contributed by atoms with Crippen molar-refractivity contribution in [2.75, 3.05) is 6.54 Å². The summed E-state index contributed by atoms with van der Waals surface area (Å²) in [5, 5.41) is 8.55. The van der Waals surface area contributed by atoms with Gasteiger partial charge in [0, 0.05) is 25.0 Å². The van der Waals surface area contributed by atoms with Crippen molar-refractivity contribution in [3.05, 3.63) is 30.1 Å². The second-order valence-corrected chi connectivity index (χ2v) is 6.83. The molecule has 0 aliphatic heterocycles. The van der Waals surface area contributed by atoms with Crippen molar-refractivity contribution in [2.24, 2.45) is 5.92 Å². The highest BCUT2D eigenvalue weighted by atomic mass is 32.2. The molecule has 1 aromatic heterocycles. The van der Waals surface area contributed by atoms with Crippen molar-refractivity contribution in [3.8, 4) is 0 Å². The van der Waals surface area contributed by atoms with Gasteiger partial charge in [0.25, 0.3) is 0 Å². The average Bonchev–Trinajstić information content (AvgIpc) is 2.41. The Balaban J connectivity index is 2.74. The van der Waals surface area contributed by atoms with Gasteiger partial charge >= 0.3 is 5.97 Å². The van der Waals surface area contributed by atoms with Crippen molar-refractivity contribution in [3.63, 3.8) is 0 Å². The van der Waals surface area contributed by atoms with E-state index in [1.54, 1.807) is 0 Å². The third kappa shape index (κ3) is 6.50. The van der Waals surface area contributed by atoms with Gasteiger partial charge in [-0.25, -0.2) is 17.9 Å². The molecule has 0 amide bonds. The maximum absolute atomic E-state index is 12.1. The van der Waals surface area contributed by atoms with Gasteiger partial charge in [-0.3, -0.25) is 4.98 Å². The molecule has 0 bridgehead atoms. The average molecular weight is 312 g/mol. The van der Waals surface area contributed by atoms with Crippen LogP contribution in [0.1, 0.15) is 32.3 Å². The molecular formula is C14H20N2O4S. The number of hydrogen-bond donors (Lipinski definition) is 2. The maximum Gasteiger partial charge on any atom is 0.328 e. The van der Waals surface area contributed by atoms with Gasteiger partial charge in [0.15, 0.2) is 0 Å². The third-order valence-corrected chi connectivity index (χ3v) is 4.14. The monoisotopic (exact) mass is 312 g/mol. The van der Waals surface area contributed by atoms with E-state index >= 15 is 0 Å². The van der Waals surface area contributed by atoms with Crippen LogP contribution in [0.4, 0.5) is 0 Å². The summed E-state index contributed by atoms with van der Waals surface area (Å²) in [6.45, 7) is 4.53. The Hall–Kier alpha value is -1.73. The van der Waals surface area contributed by atoms with E-state index < -0.39 is 16.0 Å². The molecule has 1 aromatic rings. The van der Waals surface area contributed by atoms with Gasteiger partial charge in [0.05, 0.1) is 0 Å². The van der Waals surface area contributed by atoms with E-state index in [2.05, 4.69) is 23.6 Å². The fourth-order valence-electron chi connectivity index (χ4n) is 1.64. The lowest BCUT2D eigenvalue weighted by Crippen LogP contribution is -2.25. The van der Waals surface area contributed by atoms with Gasteiger partial charge in [0.2, 0.25) is 10.0 Å². The molecule has 2 N–H and O–H groups in total. The molecule has 0 spiro atoms. The van der Waals surface area contributed by atoms with Gasteiger partial charge in [-0.2, -0.15) is 0 Å². The zero-order valence-corrected chi connectivity index (χ0v) is 12.9. The van der Waals surface area contributed by atoms with Crippen molar-refractivity contribution < 1.29 is 18.3 Å². The molecule has 0 aromatic carbocycles. The lowest BCUT2D eigenvalue weighted by atomic mass is 10.1. The largest absolute Gasteiger partial charge is 0.478 e. The number of pyridine rings is 1. The van der Waals surface area contributed by atoms with Crippen LogP contribution in [0.15, 0.2) is 29.4 Å². The maximum atomic E-state index is 12.1. The molecule has 6 nitrogen and oxygen atoms in total. The zero-order valence-electron chi connectivity index (χ0n) is 12.1. The summed E-state index contributed by atoms with van der Waals surface area (Å²) in [6, 6.07) is 1.39. The summed E-state index contributed by atoms with van der Waals surface area (Å²) in [7, 11) is -3.61. The fourth-order valence-corrected chi connectivity index (χ4v) is 2.71. The highest BCUT2D eigenvalue weighted by molar-refractivity contribution is 7.89. The highest BCUT2D eigenvalue weighted by Gasteiger charge is 2.14. The van der Waals surface area contributed by atoms with Crippen molar-refractivity contribution >= 4 is 22.1 Å².